The van der Waals surface area contributed by atoms with Crippen LogP contribution in [-0.2, 0) is 11.3 Å². The van der Waals surface area contributed by atoms with Crippen molar-refractivity contribution in [2.24, 2.45) is 0 Å². The van der Waals surface area contributed by atoms with Gasteiger partial charge in [-0.25, -0.2) is 4.79 Å². The second-order valence-corrected chi connectivity index (χ2v) is 7.76. The molecule has 27 heavy (non-hydrogen) atoms. The Balaban J connectivity index is 2.41. The molecular weight excluding hydrogens is 340 g/mol. The van der Waals surface area contributed by atoms with Crippen molar-refractivity contribution >= 4 is 16.9 Å². The molecule has 3 aromatic rings. The number of esters is 1. The predicted octanol–water partition coefficient (Wildman–Crippen LogP) is 4.03. The topological polar surface area (TPSA) is 51.5 Å². The number of phenols is 1. The maximum absolute atomic E-state index is 12.8. The highest BCUT2D eigenvalue weighted by atomic mass is 16.5. The minimum Gasteiger partial charge on any atom is -0.507 e. The summed E-state index contributed by atoms with van der Waals surface area (Å²) in [5.41, 5.74) is 3.96. The number of hydrogen-bond donors (Lipinski definition) is 1. The molecule has 3 rings (SSSR count). The minimum absolute atomic E-state index is 0.200. The molecule has 0 saturated carbocycles. The molecule has 0 atom stereocenters. The lowest BCUT2D eigenvalue weighted by atomic mass is 10.0. The molecule has 0 saturated heterocycles. The Labute approximate surface area is 160 Å². The van der Waals surface area contributed by atoms with Gasteiger partial charge in [-0.3, -0.25) is 0 Å². The summed E-state index contributed by atoms with van der Waals surface area (Å²) in [5.74, 6) is -0.158. The lowest BCUT2D eigenvalue weighted by Crippen LogP contribution is -2.33. The number of ether oxygens (including phenoxy) is 1. The maximum atomic E-state index is 12.8. The monoisotopic (exact) mass is 367 g/mol. The zero-order chi connectivity index (χ0) is 19.8. The number of aromatic hydroxyl groups is 1. The Hall–Kier alpha value is -2.79. The number of carbonyl (C=O) groups excluding carboxylic acids is 1. The smallest absolute Gasteiger partial charge is 0.340 e. The maximum Gasteiger partial charge on any atom is 0.340 e. The summed E-state index contributed by atoms with van der Waals surface area (Å²) in [6.45, 7) is 4.62. The summed E-state index contributed by atoms with van der Waals surface area (Å²) in [6, 6.07) is 13.5. The Kier molecular flexibility index (Phi) is 4.98. The van der Waals surface area contributed by atoms with Crippen molar-refractivity contribution in [1.82, 2.24) is 4.57 Å². The molecule has 5 nitrogen and oxygen atoms in total. The third kappa shape index (κ3) is 3.55. The van der Waals surface area contributed by atoms with E-state index in [1.54, 1.807) is 13.0 Å². The Morgan fingerprint density at radius 3 is 2.37 bits per heavy atom. The first kappa shape index (κ1) is 19.0. The molecule has 0 aliphatic rings. The van der Waals surface area contributed by atoms with Crippen molar-refractivity contribution < 1.29 is 19.1 Å². The second-order valence-electron chi connectivity index (χ2n) is 7.76. The summed E-state index contributed by atoms with van der Waals surface area (Å²) >= 11 is 0. The van der Waals surface area contributed by atoms with Crippen LogP contribution in [0.15, 0.2) is 42.5 Å². The zero-order valence-electron chi connectivity index (χ0n) is 16.6. The number of carbonyl (C=O) groups is 1. The zero-order valence-corrected chi connectivity index (χ0v) is 16.6. The van der Waals surface area contributed by atoms with E-state index in [-0.39, 0.29) is 11.7 Å². The summed E-state index contributed by atoms with van der Waals surface area (Å²) in [5, 5.41) is 11.4. The molecule has 5 heteroatoms. The first-order chi connectivity index (χ1) is 12.7. The van der Waals surface area contributed by atoms with Crippen LogP contribution < -0.4 is 0 Å². The Morgan fingerprint density at radius 2 is 1.78 bits per heavy atom. The molecule has 1 aromatic heterocycles. The standard InChI is InChI=1S/C22H26N2O3/c1-6-27-22(26)20-15(2)23(16-10-8-7-9-11-16)18-12-13-19(25)17(21(18)20)14-24(3,4)5/h7-13H,6,14H2,1-5H3/p+1. The molecule has 0 amide bonds. The van der Waals surface area contributed by atoms with Gasteiger partial charge in [0.25, 0.3) is 0 Å². The van der Waals surface area contributed by atoms with Gasteiger partial charge in [-0.15, -0.1) is 0 Å². The van der Waals surface area contributed by atoms with E-state index in [9.17, 15) is 9.90 Å². The fourth-order valence-corrected chi connectivity index (χ4v) is 3.56. The van der Waals surface area contributed by atoms with Crippen LogP contribution in [-0.4, -0.2) is 47.9 Å². The van der Waals surface area contributed by atoms with Crippen molar-refractivity contribution in [2.75, 3.05) is 27.7 Å². The van der Waals surface area contributed by atoms with Crippen LogP contribution in [0.1, 0.15) is 28.5 Å². The third-order valence-electron chi connectivity index (χ3n) is 4.58. The number of phenolic OH excluding ortho intramolecular Hbond substituents is 1. The highest BCUT2D eigenvalue weighted by molar-refractivity contribution is 6.08. The third-order valence-corrected chi connectivity index (χ3v) is 4.58. The number of aromatic nitrogens is 1. The van der Waals surface area contributed by atoms with Crippen LogP contribution in [0, 0.1) is 6.92 Å². The largest absolute Gasteiger partial charge is 0.507 e. The van der Waals surface area contributed by atoms with E-state index >= 15 is 0 Å². The van der Waals surface area contributed by atoms with Gasteiger partial charge in [0.15, 0.2) is 0 Å². The first-order valence-corrected chi connectivity index (χ1v) is 9.13. The molecule has 0 aliphatic heterocycles. The summed E-state index contributed by atoms with van der Waals surface area (Å²) in [4.78, 5) is 12.8. The molecule has 1 N–H and O–H groups in total. The molecule has 0 spiro atoms. The van der Waals surface area contributed by atoms with Gasteiger partial charge >= 0.3 is 5.97 Å². The second kappa shape index (κ2) is 7.08. The van der Waals surface area contributed by atoms with Crippen molar-refractivity contribution in [3.8, 4) is 11.4 Å². The van der Waals surface area contributed by atoms with Crippen LogP contribution >= 0.6 is 0 Å². The average Bonchev–Trinajstić information content (AvgIpc) is 2.90. The highest BCUT2D eigenvalue weighted by Crippen LogP contribution is 2.37. The van der Waals surface area contributed by atoms with E-state index < -0.39 is 0 Å². The lowest BCUT2D eigenvalue weighted by Gasteiger charge is -2.25. The molecule has 0 unspecified atom stereocenters. The van der Waals surface area contributed by atoms with Crippen LogP contribution in [0.2, 0.25) is 0 Å². The number of para-hydroxylation sites is 1. The normalized spacial score (nSPS) is 11.7. The molecule has 1 heterocycles. The number of benzene rings is 2. The summed E-state index contributed by atoms with van der Waals surface area (Å²) in [7, 11) is 6.18. The van der Waals surface area contributed by atoms with Gasteiger partial charge in [0.1, 0.15) is 12.3 Å². The van der Waals surface area contributed by atoms with Gasteiger partial charge < -0.3 is 18.9 Å². The van der Waals surface area contributed by atoms with Gasteiger partial charge in [0, 0.05) is 16.8 Å². The number of nitrogens with zero attached hydrogens (tertiary/aromatic N) is 2. The van der Waals surface area contributed by atoms with Crippen LogP contribution in [0.4, 0.5) is 0 Å². The van der Waals surface area contributed by atoms with Gasteiger partial charge in [-0.05, 0) is 38.1 Å². The van der Waals surface area contributed by atoms with Crippen molar-refractivity contribution in [1.29, 1.82) is 0 Å². The Morgan fingerprint density at radius 1 is 1.11 bits per heavy atom. The van der Waals surface area contributed by atoms with E-state index in [1.165, 1.54) is 0 Å². The fraction of sp³-hybridized carbons (Fsp3) is 0.318. The molecule has 142 valence electrons. The molecule has 0 fully saturated rings. The lowest BCUT2D eigenvalue weighted by molar-refractivity contribution is -0.883. The van der Waals surface area contributed by atoms with E-state index in [0.29, 0.717) is 23.2 Å². The molecule has 0 aliphatic carbocycles. The predicted molar refractivity (Wildman–Crippen MR) is 107 cm³/mol. The number of rotatable bonds is 5. The van der Waals surface area contributed by atoms with Gasteiger partial charge in [0.05, 0.1) is 44.4 Å². The summed E-state index contributed by atoms with van der Waals surface area (Å²) in [6.07, 6.45) is 0. The average molecular weight is 367 g/mol. The number of quaternary nitrogens is 1. The van der Waals surface area contributed by atoms with Gasteiger partial charge in [0.2, 0.25) is 0 Å². The van der Waals surface area contributed by atoms with Crippen LogP contribution in [0.3, 0.4) is 0 Å². The van der Waals surface area contributed by atoms with E-state index in [0.717, 1.165) is 27.8 Å². The number of fused-ring (bicyclic) bond motifs is 1. The molecule has 0 radical (unpaired) electrons. The van der Waals surface area contributed by atoms with Crippen molar-refractivity contribution in [3.05, 3.63) is 59.3 Å². The van der Waals surface area contributed by atoms with Gasteiger partial charge in [-0.1, -0.05) is 18.2 Å². The van der Waals surface area contributed by atoms with E-state index in [4.69, 9.17) is 4.74 Å². The highest BCUT2D eigenvalue weighted by Gasteiger charge is 2.27. The minimum atomic E-state index is -0.358. The van der Waals surface area contributed by atoms with Crippen LogP contribution in [0.5, 0.6) is 5.75 Å². The molecule has 2 aromatic carbocycles. The Bertz CT molecular complexity index is 982. The summed E-state index contributed by atoms with van der Waals surface area (Å²) < 4.78 is 8.04. The van der Waals surface area contributed by atoms with E-state index in [1.807, 2.05) is 43.3 Å². The van der Waals surface area contributed by atoms with Crippen molar-refractivity contribution in [2.45, 2.75) is 20.4 Å². The fourth-order valence-electron chi connectivity index (χ4n) is 3.56. The molecule has 0 bridgehead atoms. The SMILES string of the molecule is CCOC(=O)c1c(C)n(-c2ccccc2)c2ccc(O)c(C[N+](C)(C)C)c12. The number of hydrogen-bond acceptors (Lipinski definition) is 3. The van der Waals surface area contributed by atoms with Gasteiger partial charge in [-0.2, -0.15) is 0 Å². The van der Waals surface area contributed by atoms with Crippen LogP contribution in [0.25, 0.3) is 16.6 Å². The van der Waals surface area contributed by atoms with Crippen molar-refractivity contribution in [3.63, 3.8) is 0 Å². The first-order valence-electron chi connectivity index (χ1n) is 9.13. The molecular formula is C22H27N2O3+. The van der Waals surface area contributed by atoms with E-state index in [2.05, 4.69) is 25.7 Å². The quantitative estimate of drug-likeness (QED) is 0.547.